The number of carbonyl (C=O) groups excluding carboxylic acids is 3. The number of ether oxygens (including phenoxy) is 1. The van der Waals surface area contributed by atoms with Gasteiger partial charge in [-0.2, -0.15) is 13.2 Å². The summed E-state index contributed by atoms with van der Waals surface area (Å²) in [5, 5.41) is 5.50. The van der Waals surface area contributed by atoms with E-state index in [1.807, 2.05) is 18.7 Å². The van der Waals surface area contributed by atoms with Crippen molar-refractivity contribution in [2.24, 2.45) is 0 Å². The Morgan fingerprint density at radius 2 is 1.83 bits per heavy atom. The number of esters is 1. The summed E-state index contributed by atoms with van der Waals surface area (Å²) in [4.78, 5) is 43.3. The fourth-order valence-electron chi connectivity index (χ4n) is 4.46. The second kappa shape index (κ2) is 11.2. The molecule has 2 atom stereocenters. The van der Waals surface area contributed by atoms with E-state index in [4.69, 9.17) is 4.74 Å². The minimum absolute atomic E-state index is 0.0925. The van der Waals surface area contributed by atoms with Crippen molar-refractivity contribution in [3.63, 3.8) is 0 Å². The van der Waals surface area contributed by atoms with Crippen LogP contribution in [0.5, 0.6) is 0 Å². The predicted molar refractivity (Wildman–Crippen MR) is 126 cm³/mol. The summed E-state index contributed by atoms with van der Waals surface area (Å²) in [5.74, 6) is -0.654. The monoisotopic (exact) mass is 511 g/mol. The number of likely N-dealkylation sites (N-methyl/N-ethyl adjacent to an activating group) is 1. The summed E-state index contributed by atoms with van der Waals surface area (Å²) in [5.41, 5.74) is 0.0732. The van der Waals surface area contributed by atoms with Crippen molar-refractivity contribution in [3.05, 3.63) is 46.7 Å². The van der Waals surface area contributed by atoms with E-state index in [2.05, 4.69) is 10.6 Å². The first kappa shape index (κ1) is 27.3. The zero-order valence-electron chi connectivity index (χ0n) is 20.8. The number of hydrogen-bond donors (Lipinski definition) is 2. The minimum Gasteiger partial charge on any atom is -0.463 e. The molecule has 12 heteroatoms. The number of nitrogens with one attached hydrogen (secondary N) is 2. The van der Waals surface area contributed by atoms with E-state index in [9.17, 15) is 27.6 Å². The second-order valence-corrected chi connectivity index (χ2v) is 8.76. The van der Waals surface area contributed by atoms with Crippen molar-refractivity contribution in [2.75, 3.05) is 46.4 Å². The summed E-state index contributed by atoms with van der Waals surface area (Å²) in [6.45, 7) is 7.75. The van der Waals surface area contributed by atoms with Gasteiger partial charge in [-0.05, 0) is 38.5 Å². The molecule has 36 heavy (non-hydrogen) atoms. The second-order valence-electron chi connectivity index (χ2n) is 8.76. The lowest BCUT2D eigenvalue weighted by molar-refractivity contribution is -0.139. The van der Waals surface area contributed by atoms with Crippen LogP contribution in [0, 0.1) is 0 Å². The lowest BCUT2D eigenvalue weighted by atomic mass is 9.93. The fourth-order valence-corrected chi connectivity index (χ4v) is 4.46. The van der Waals surface area contributed by atoms with E-state index in [-0.39, 0.29) is 30.8 Å². The molecule has 1 aromatic carbocycles. The van der Waals surface area contributed by atoms with Gasteiger partial charge >= 0.3 is 24.2 Å². The van der Waals surface area contributed by atoms with E-state index in [1.165, 1.54) is 24.1 Å². The number of hydrogen-bond acceptors (Lipinski definition) is 5. The minimum atomic E-state index is -4.51. The maximum Gasteiger partial charge on any atom is 0.416 e. The number of rotatable bonds is 6. The number of nitrogens with zero attached hydrogens (tertiary/aromatic N) is 3. The molecule has 0 unspecified atom stereocenters. The molecule has 198 valence electrons. The van der Waals surface area contributed by atoms with Gasteiger partial charge in [0, 0.05) is 51.5 Å². The maximum absolute atomic E-state index is 13.1. The molecular weight excluding hydrogens is 479 g/mol. The van der Waals surface area contributed by atoms with Gasteiger partial charge in [-0.1, -0.05) is 12.1 Å². The highest BCUT2D eigenvalue weighted by Crippen LogP contribution is 2.34. The van der Waals surface area contributed by atoms with Gasteiger partial charge < -0.3 is 20.3 Å². The number of amides is 4. The highest BCUT2D eigenvalue weighted by atomic mass is 19.4. The Labute approximate surface area is 208 Å². The zero-order valence-corrected chi connectivity index (χ0v) is 20.8. The largest absolute Gasteiger partial charge is 0.463 e. The van der Waals surface area contributed by atoms with Crippen LogP contribution in [0.1, 0.15) is 37.9 Å². The first-order valence-corrected chi connectivity index (χ1v) is 11.9. The highest BCUT2D eigenvalue weighted by Gasteiger charge is 2.39. The predicted octanol–water partition coefficient (Wildman–Crippen LogP) is 2.95. The van der Waals surface area contributed by atoms with Gasteiger partial charge in [-0.25, -0.2) is 14.4 Å². The molecule has 2 N–H and O–H groups in total. The molecule has 4 amide bonds. The van der Waals surface area contributed by atoms with Crippen molar-refractivity contribution < 1.29 is 32.3 Å². The van der Waals surface area contributed by atoms with Gasteiger partial charge in [-0.3, -0.25) is 9.80 Å². The topological polar surface area (TPSA) is 94.2 Å². The number of carbonyl (C=O) groups is 3. The molecule has 2 aliphatic heterocycles. The number of urea groups is 2. The van der Waals surface area contributed by atoms with Crippen molar-refractivity contribution in [2.45, 2.75) is 39.0 Å². The summed E-state index contributed by atoms with van der Waals surface area (Å²) < 4.78 is 44.5. The van der Waals surface area contributed by atoms with Gasteiger partial charge in [0.15, 0.2) is 0 Å². The Bertz CT molecular complexity index is 1010. The normalized spacial score (nSPS) is 21.4. The quantitative estimate of drug-likeness (QED) is 0.573. The Balaban J connectivity index is 1.94. The number of halogens is 3. The number of alkyl halides is 3. The molecule has 0 spiro atoms. The smallest absolute Gasteiger partial charge is 0.416 e. The van der Waals surface area contributed by atoms with E-state index >= 15 is 0 Å². The van der Waals surface area contributed by atoms with Crippen molar-refractivity contribution in [1.82, 2.24) is 25.3 Å². The van der Waals surface area contributed by atoms with Crippen LogP contribution in [0.4, 0.5) is 22.8 Å². The molecule has 0 saturated carbocycles. The standard InChI is InChI=1S/C24H32F3N5O4/c1-5-28-22(34)32-12-11-31(13-15(32)3)14-18-19(21(33)36-6-2)20(29-23(35)30(18)4)16-7-9-17(10-8-16)24(25,26)27/h7-10,15,20H,5-6,11-14H2,1-4H3,(H,28,34)(H,29,35)/t15-,20-/m0/s1. The van der Waals surface area contributed by atoms with E-state index in [1.54, 1.807) is 11.8 Å². The maximum atomic E-state index is 13.1. The highest BCUT2D eigenvalue weighted by molar-refractivity contribution is 5.95. The molecule has 0 aliphatic carbocycles. The van der Waals surface area contributed by atoms with Crippen molar-refractivity contribution in [1.29, 1.82) is 0 Å². The zero-order chi connectivity index (χ0) is 26.6. The average molecular weight is 512 g/mol. The molecule has 3 rings (SSSR count). The summed E-state index contributed by atoms with van der Waals surface area (Å²) >= 11 is 0. The lowest BCUT2D eigenvalue weighted by Gasteiger charge is -2.42. The average Bonchev–Trinajstić information content (AvgIpc) is 2.81. The first-order chi connectivity index (χ1) is 17.0. The summed E-state index contributed by atoms with van der Waals surface area (Å²) in [6.07, 6.45) is -4.51. The summed E-state index contributed by atoms with van der Waals surface area (Å²) in [6, 6.07) is 2.63. The molecule has 0 aromatic heterocycles. The number of piperazine rings is 1. The molecule has 2 heterocycles. The first-order valence-electron chi connectivity index (χ1n) is 11.9. The van der Waals surface area contributed by atoms with E-state index in [0.29, 0.717) is 37.4 Å². The molecular formula is C24H32F3N5O4. The molecule has 2 aliphatic rings. The van der Waals surface area contributed by atoms with Gasteiger partial charge in [0.05, 0.1) is 23.8 Å². The summed E-state index contributed by atoms with van der Waals surface area (Å²) in [7, 11) is 1.53. The Morgan fingerprint density at radius 1 is 1.17 bits per heavy atom. The Kier molecular flexibility index (Phi) is 8.49. The van der Waals surface area contributed by atoms with Crippen LogP contribution >= 0.6 is 0 Å². The SMILES string of the molecule is CCNC(=O)N1CCN(CC2=C(C(=O)OCC)[C@H](c3ccc(C(F)(F)F)cc3)NC(=O)N2C)C[C@@H]1C. The Hall–Kier alpha value is -3.28. The van der Waals surface area contributed by atoms with E-state index in [0.717, 1.165) is 12.1 Å². The van der Waals surface area contributed by atoms with Gasteiger partial charge in [-0.15, -0.1) is 0 Å². The van der Waals surface area contributed by atoms with Crippen LogP contribution < -0.4 is 10.6 Å². The molecule has 0 radical (unpaired) electrons. The molecule has 0 bridgehead atoms. The third-order valence-corrected chi connectivity index (χ3v) is 6.32. The van der Waals surface area contributed by atoms with Crippen molar-refractivity contribution >= 4 is 18.0 Å². The van der Waals surface area contributed by atoms with Crippen LogP contribution in [-0.2, 0) is 15.7 Å². The lowest BCUT2D eigenvalue weighted by Crippen LogP contribution is -2.57. The van der Waals surface area contributed by atoms with Gasteiger partial charge in [0.25, 0.3) is 0 Å². The molecule has 9 nitrogen and oxygen atoms in total. The van der Waals surface area contributed by atoms with E-state index < -0.39 is 29.8 Å². The van der Waals surface area contributed by atoms with Crippen LogP contribution in [0.2, 0.25) is 0 Å². The van der Waals surface area contributed by atoms with Gasteiger partial charge in [0.2, 0.25) is 0 Å². The van der Waals surface area contributed by atoms with Crippen LogP contribution in [0.25, 0.3) is 0 Å². The van der Waals surface area contributed by atoms with Crippen molar-refractivity contribution in [3.8, 4) is 0 Å². The number of benzene rings is 1. The Morgan fingerprint density at radius 3 is 2.39 bits per heavy atom. The third kappa shape index (κ3) is 5.92. The van der Waals surface area contributed by atoms with Crippen LogP contribution in [-0.4, -0.2) is 85.2 Å². The molecule has 1 aromatic rings. The fraction of sp³-hybridized carbons (Fsp3) is 0.542. The third-order valence-electron chi connectivity index (χ3n) is 6.32. The van der Waals surface area contributed by atoms with Crippen LogP contribution in [0.3, 0.4) is 0 Å². The van der Waals surface area contributed by atoms with Crippen LogP contribution in [0.15, 0.2) is 35.5 Å². The molecule has 1 saturated heterocycles. The molecule has 1 fully saturated rings. The van der Waals surface area contributed by atoms with Gasteiger partial charge in [0.1, 0.15) is 0 Å².